The van der Waals surface area contributed by atoms with Crippen molar-refractivity contribution in [2.45, 2.75) is 18.9 Å². The van der Waals surface area contributed by atoms with Gasteiger partial charge in [-0.15, -0.1) is 0 Å². The molecule has 2 rings (SSSR count). The second-order valence-electron chi connectivity index (χ2n) is 5.50. The van der Waals surface area contributed by atoms with Gasteiger partial charge in [-0.05, 0) is 43.2 Å². The Bertz CT molecular complexity index is 693. The molecule has 0 spiro atoms. The number of carbonyl (C=O) groups is 1. The van der Waals surface area contributed by atoms with Gasteiger partial charge in [-0.25, -0.2) is 4.79 Å². The maximum absolute atomic E-state index is 12.3. The summed E-state index contributed by atoms with van der Waals surface area (Å²) < 4.78 is 12.0. The van der Waals surface area contributed by atoms with Crippen molar-refractivity contribution in [2.75, 3.05) is 25.1 Å². The molecule has 1 atom stereocenters. The molecule has 0 aliphatic rings. The lowest BCUT2D eigenvalue weighted by Crippen LogP contribution is -2.18. The molecule has 140 valence electrons. The lowest BCUT2D eigenvalue weighted by Gasteiger charge is -2.21. The van der Waals surface area contributed by atoms with Gasteiger partial charge in [0.15, 0.2) is 0 Å². The molecule has 0 saturated heterocycles. The predicted octanol–water partition coefficient (Wildman–Crippen LogP) is 3.88. The van der Waals surface area contributed by atoms with E-state index in [0.717, 1.165) is 4.47 Å². The Hall–Kier alpha value is -2.09. The Morgan fingerprint density at radius 3 is 2.50 bits per heavy atom. The number of carbonyl (C=O) groups excluding carboxylic acids is 1. The fourth-order valence-electron chi connectivity index (χ4n) is 2.40. The summed E-state index contributed by atoms with van der Waals surface area (Å²) in [6, 6.07) is 14.3. The zero-order chi connectivity index (χ0) is 18.8. The van der Waals surface area contributed by atoms with Gasteiger partial charge in [-0.1, -0.05) is 34.1 Å². The van der Waals surface area contributed by atoms with Crippen molar-refractivity contribution in [3.8, 4) is 5.75 Å². The summed E-state index contributed by atoms with van der Waals surface area (Å²) in [6.07, 6.45) is -0.242. The smallest absolute Gasteiger partial charge is 0.412 e. The fourth-order valence-corrected chi connectivity index (χ4v) is 2.66. The Labute approximate surface area is 160 Å². The molecular formula is C19H22BrNO5. The van der Waals surface area contributed by atoms with Crippen molar-refractivity contribution < 1.29 is 24.5 Å². The van der Waals surface area contributed by atoms with Crippen molar-refractivity contribution in [2.24, 2.45) is 0 Å². The minimum Gasteiger partial charge on any atom is -0.491 e. The average Bonchev–Trinajstić information content (AvgIpc) is 2.65. The van der Waals surface area contributed by atoms with E-state index in [1.54, 1.807) is 24.3 Å². The van der Waals surface area contributed by atoms with Crippen LogP contribution in [0.3, 0.4) is 0 Å². The number of halogens is 1. The first kappa shape index (κ1) is 20.2. The van der Waals surface area contributed by atoms with Gasteiger partial charge in [0.1, 0.15) is 18.5 Å². The summed E-state index contributed by atoms with van der Waals surface area (Å²) in [6.45, 7) is 0.0310. The molecule has 2 aromatic carbocycles. The van der Waals surface area contributed by atoms with E-state index in [1.807, 2.05) is 24.3 Å². The molecule has 0 heterocycles. The summed E-state index contributed by atoms with van der Waals surface area (Å²) in [5.74, 6) is 0.543. The SMILES string of the molecule is O=C(Nc1ccc(Br)cc1)O[C@@H](CCCO)c1ccccc1OCCO. The number of hydrogen-bond acceptors (Lipinski definition) is 5. The monoisotopic (exact) mass is 423 g/mol. The number of benzene rings is 2. The summed E-state index contributed by atoms with van der Waals surface area (Å²) in [5.41, 5.74) is 1.31. The fraction of sp³-hybridized carbons (Fsp3) is 0.316. The molecule has 0 aliphatic heterocycles. The van der Waals surface area contributed by atoms with Gasteiger partial charge in [0.05, 0.1) is 6.61 Å². The normalized spacial score (nSPS) is 11.7. The van der Waals surface area contributed by atoms with Crippen LogP contribution in [0.1, 0.15) is 24.5 Å². The van der Waals surface area contributed by atoms with Gasteiger partial charge >= 0.3 is 6.09 Å². The third-order valence-electron chi connectivity index (χ3n) is 3.58. The van der Waals surface area contributed by atoms with E-state index in [4.69, 9.17) is 19.7 Å². The van der Waals surface area contributed by atoms with Crippen molar-refractivity contribution >= 4 is 27.7 Å². The van der Waals surface area contributed by atoms with Crippen LogP contribution in [-0.4, -0.2) is 36.1 Å². The first-order valence-corrected chi connectivity index (χ1v) is 9.10. The second-order valence-corrected chi connectivity index (χ2v) is 6.42. The molecule has 0 aliphatic carbocycles. The lowest BCUT2D eigenvalue weighted by molar-refractivity contribution is 0.0964. The molecule has 0 fully saturated rings. The molecule has 26 heavy (non-hydrogen) atoms. The number of aliphatic hydroxyl groups is 2. The van der Waals surface area contributed by atoms with Crippen molar-refractivity contribution in [3.63, 3.8) is 0 Å². The predicted molar refractivity (Wildman–Crippen MR) is 102 cm³/mol. The Balaban J connectivity index is 2.11. The van der Waals surface area contributed by atoms with Crippen molar-refractivity contribution in [3.05, 3.63) is 58.6 Å². The van der Waals surface area contributed by atoms with Gasteiger partial charge < -0.3 is 19.7 Å². The molecule has 3 N–H and O–H groups in total. The topological polar surface area (TPSA) is 88.0 Å². The minimum absolute atomic E-state index is 0.00610. The van der Waals surface area contributed by atoms with E-state index in [9.17, 15) is 4.79 Å². The molecule has 0 aromatic heterocycles. The molecular weight excluding hydrogens is 402 g/mol. The van der Waals surface area contributed by atoms with Gasteiger partial charge in [0.25, 0.3) is 0 Å². The summed E-state index contributed by atoms with van der Waals surface area (Å²) in [4.78, 5) is 12.3. The number of anilines is 1. The van der Waals surface area contributed by atoms with Gasteiger partial charge in [-0.3, -0.25) is 5.32 Å². The van der Waals surface area contributed by atoms with Crippen molar-refractivity contribution in [1.29, 1.82) is 0 Å². The number of amides is 1. The largest absolute Gasteiger partial charge is 0.491 e. The third kappa shape index (κ3) is 6.33. The van der Waals surface area contributed by atoms with Crippen molar-refractivity contribution in [1.82, 2.24) is 0 Å². The number of rotatable bonds is 9. The first-order chi connectivity index (χ1) is 12.6. The van der Waals surface area contributed by atoms with E-state index in [1.165, 1.54) is 0 Å². The Kier molecular flexibility index (Phi) is 8.40. The van der Waals surface area contributed by atoms with E-state index in [2.05, 4.69) is 21.2 Å². The first-order valence-electron chi connectivity index (χ1n) is 8.30. The minimum atomic E-state index is -0.591. The van der Waals surface area contributed by atoms with Crippen LogP contribution >= 0.6 is 15.9 Å². The molecule has 0 radical (unpaired) electrons. The Morgan fingerprint density at radius 1 is 1.08 bits per heavy atom. The van der Waals surface area contributed by atoms with Gasteiger partial charge in [0.2, 0.25) is 0 Å². The number of para-hydroxylation sites is 1. The quantitative estimate of drug-likeness (QED) is 0.569. The van der Waals surface area contributed by atoms with Crippen LogP contribution in [-0.2, 0) is 4.74 Å². The maximum atomic E-state index is 12.3. The number of aliphatic hydroxyl groups excluding tert-OH is 2. The highest BCUT2D eigenvalue weighted by Crippen LogP contribution is 2.31. The molecule has 6 nitrogen and oxygen atoms in total. The number of ether oxygens (including phenoxy) is 2. The van der Waals surface area contributed by atoms with Crippen LogP contribution in [0.15, 0.2) is 53.0 Å². The molecule has 0 bridgehead atoms. The summed E-state index contributed by atoms with van der Waals surface area (Å²) in [5, 5.41) is 20.8. The average molecular weight is 424 g/mol. The van der Waals surface area contributed by atoms with E-state index in [0.29, 0.717) is 29.8 Å². The van der Waals surface area contributed by atoms with E-state index in [-0.39, 0.29) is 19.8 Å². The maximum Gasteiger partial charge on any atom is 0.412 e. The van der Waals surface area contributed by atoms with Crippen LogP contribution in [0.25, 0.3) is 0 Å². The standard InChI is InChI=1S/C19H22BrNO5/c20-14-7-9-15(10-8-14)21-19(24)26-18(6-3-11-22)16-4-1-2-5-17(16)25-13-12-23/h1-2,4-5,7-10,18,22-23H,3,6,11-13H2,(H,21,24)/t18-/m0/s1. The zero-order valence-electron chi connectivity index (χ0n) is 14.2. The summed E-state index contributed by atoms with van der Waals surface area (Å²) in [7, 11) is 0. The highest BCUT2D eigenvalue weighted by Gasteiger charge is 2.20. The molecule has 1 amide bonds. The Morgan fingerprint density at radius 2 is 1.81 bits per heavy atom. The molecule has 7 heteroatoms. The van der Waals surface area contributed by atoms with E-state index >= 15 is 0 Å². The van der Waals surface area contributed by atoms with E-state index < -0.39 is 12.2 Å². The summed E-state index contributed by atoms with van der Waals surface area (Å²) >= 11 is 3.34. The van der Waals surface area contributed by atoms with Gasteiger partial charge in [-0.2, -0.15) is 0 Å². The highest BCUT2D eigenvalue weighted by molar-refractivity contribution is 9.10. The van der Waals surface area contributed by atoms with Crippen LogP contribution in [0.2, 0.25) is 0 Å². The zero-order valence-corrected chi connectivity index (χ0v) is 15.8. The lowest BCUT2D eigenvalue weighted by atomic mass is 10.0. The third-order valence-corrected chi connectivity index (χ3v) is 4.11. The number of nitrogens with one attached hydrogen (secondary N) is 1. The molecule has 0 saturated carbocycles. The molecule has 0 unspecified atom stereocenters. The van der Waals surface area contributed by atoms with Crippen LogP contribution in [0.5, 0.6) is 5.75 Å². The number of hydrogen-bond donors (Lipinski definition) is 3. The van der Waals surface area contributed by atoms with Crippen LogP contribution in [0, 0.1) is 0 Å². The van der Waals surface area contributed by atoms with Gasteiger partial charge in [0, 0.05) is 22.3 Å². The van der Waals surface area contributed by atoms with Crippen LogP contribution in [0.4, 0.5) is 10.5 Å². The second kappa shape index (κ2) is 10.8. The highest BCUT2D eigenvalue weighted by atomic mass is 79.9. The van der Waals surface area contributed by atoms with Crippen LogP contribution < -0.4 is 10.1 Å². The molecule has 2 aromatic rings.